The van der Waals surface area contributed by atoms with Gasteiger partial charge in [-0.2, -0.15) is 4.98 Å². The molecular formula is C19H17ClFN3O3. The van der Waals surface area contributed by atoms with Crippen LogP contribution in [0.1, 0.15) is 19.2 Å². The summed E-state index contributed by atoms with van der Waals surface area (Å²) in [7, 11) is 0. The molecule has 0 saturated heterocycles. The topological polar surface area (TPSA) is 77.2 Å². The number of rotatable bonds is 7. The molecule has 6 nitrogen and oxygen atoms in total. The second-order valence-corrected chi connectivity index (χ2v) is 6.09. The van der Waals surface area contributed by atoms with Gasteiger partial charge in [0.2, 0.25) is 11.7 Å². The number of amides is 1. The molecule has 0 unspecified atom stereocenters. The van der Waals surface area contributed by atoms with Crippen LogP contribution in [0.15, 0.2) is 53.1 Å². The second kappa shape index (κ2) is 8.64. The summed E-state index contributed by atoms with van der Waals surface area (Å²) >= 11 is 6.11. The maximum absolute atomic E-state index is 13.0. The number of halogens is 2. The Hall–Kier alpha value is -2.93. The molecule has 0 aliphatic heterocycles. The Balaban J connectivity index is 1.59. The summed E-state index contributed by atoms with van der Waals surface area (Å²) in [4.78, 5) is 16.6. The summed E-state index contributed by atoms with van der Waals surface area (Å²) in [5, 5.41) is 7.08. The van der Waals surface area contributed by atoms with E-state index in [1.807, 2.05) is 13.0 Å². The molecule has 0 aliphatic carbocycles. The van der Waals surface area contributed by atoms with Crippen molar-refractivity contribution in [2.75, 3.05) is 0 Å². The van der Waals surface area contributed by atoms with Gasteiger partial charge in [0, 0.05) is 5.56 Å². The monoisotopic (exact) mass is 389 g/mol. The van der Waals surface area contributed by atoms with E-state index in [0.29, 0.717) is 28.6 Å². The molecule has 8 heteroatoms. The van der Waals surface area contributed by atoms with Gasteiger partial charge in [0.25, 0.3) is 5.91 Å². The van der Waals surface area contributed by atoms with E-state index in [-0.39, 0.29) is 24.2 Å². The van der Waals surface area contributed by atoms with Gasteiger partial charge in [0.15, 0.2) is 6.10 Å². The van der Waals surface area contributed by atoms with Gasteiger partial charge in [-0.1, -0.05) is 35.8 Å². The lowest BCUT2D eigenvalue weighted by Crippen LogP contribution is -2.37. The van der Waals surface area contributed by atoms with E-state index in [0.717, 1.165) is 0 Å². The third-order valence-corrected chi connectivity index (χ3v) is 4.08. The molecule has 3 rings (SSSR count). The largest absolute Gasteiger partial charge is 0.481 e. The molecule has 0 aliphatic rings. The molecule has 0 fully saturated rings. The summed E-state index contributed by atoms with van der Waals surface area (Å²) < 4.78 is 23.7. The van der Waals surface area contributed by atoms with Crippen molar-refractivity contribution >= 4 is 17.5 Å². The van der Waals surface area contributed by atoms with Crippen LogP contribution < -0.4 is 10.1 Å². The fourth-order valence-corrected chi connectivity index (χ4v) is 2.58. The van der Waals surface area contributed by atoms with Crippen molar-refractivity contribution in [3.8, 4) is 17.1 Å². The Labute approximate surface area is 160 Å². The summed E-state index contributed by atoms with van der Waals surface area (Å²) in [5.74, 6) is 0.302. The highest BCUT2D eigenvalue weighted by molar-refractivity contribution is 6.33. The van der Waals surface area contributed by atoms with Crippen molar-refractivity contribution in [3.05, 3.63) is 65.3 Å². The van der Waals surface area contributed by atoms with Crippen LogP contribution in [0, 0.1) is 5.82 Å². The Bertz CT molecular complexity index is 915. The molecule has 1 aromatic heterocycles. The highest BCUT2D eigenvalue weighted by Gasteiger charge is 2.19. The van der Waals surface area contributed by atoms with Crippen LogP contribution in [0.2, 0.25) is 5.02 Å². The number of carbonyl (C=O) groups is 1. The van der Waals surface area contributed by atoms with Crippen LogP contribution in [0.25, 0.3) is 11.4 Å². The first-order chi connectivity index (χ1) is 13.1. The molecule has 1 heterocycles. The third kappa shape index (κ3) is 4.83. The zero-order chi connectivity index (χ0) is 19.2. The van der Waals surface area contributed by atoms with Crippen LogP contribution in [0.3, 0.4) is 0 Å². The lowest BCUT2D eigenvalue weighted by atomic mass is 10.2. The number of carbonyl (C=O) groups excluding carboxylic acids is 1. The van der Waals surface area contributed by atoms with Crippen LogP contribution >= 0.6 is 11.6 Å². The number of nitrogens with zero attached hydrogens (tertiary/aromatic N) is 2. The Morgan fingerprint density at radius 2 is 2.00 bits per heavy atom. The van der Waals surface area contributed by atoms with E-state index in [4.69, 9.17) is 20.9 Å². The summed E-state index contributed by atoms with van der Waals surface area (Å²) in [6.45, 7) is 1.87. The molecule has 0 saturated carbocycles. The van der Waals surface area contributed by atoms with Crippen LogP contribution in [-0.2, 0) is 11.3 Å². The Morgan fingerprint density at radius 3 is 2.70 bits per heavy atom. The zero-order valence-electron chi connectivity index (χ0n) is 14.5. The summed E-state index contributed by atoms with van der Waals surface area (Å²) in [6.07, 6.45) is -0.279. The first kappa shape index (κ1) is 18.8. The number of ether oxygens (including phenoxy) is 1. The van der Waals surface area contributed by atoms with E-state index in [9.17, 15) is 9.18 Å². The van der Waals surface area contributed by atoms with Crippen LogP contribution in [-0.4, -0.2) is 22.2 Å². The van der Waals surface area contributed by atoms with Gasteiger partial charge in [-0.05, 0) is 42.8 Å². The number of aromatic nitrogens is 2. The highest BCUT2D eigenvalue weighted by Crippen LogP contribution is 2.24. The van der Waals surface area contributed by atoms with Crippen molar-refractivity contribution in [1.29, 1.82) is 0 Å². The van der Waals surface area contributed by atoms with Gasteiger partial charge in [-0.3, -0.25) is 4.79 Å². The number of hydrogen-bond donors (Lipinski definition) is 1. The number of benzene rings is 2. The van der Waals surface area contributed by atoms with Gasteiger partial charge >= 0.3 is 0 Å². The van der Waals surface area contributed by atoms with Crippen molar-refractivity contribution in [2.45, 2.75) is 26.0 Å². The van der Waals surface area contributed by atoms with Gasteiger partial charge in [0.1, 0.15) is 11.6 Å². The van der Waals surface area contributed by atoms with Crippen molar-refractivity contribution in [2.24, 2.45) is 0 Å². The van der Waals surface area contributed by atoms with Gasteiger partial charge < -0.3 is 14.6 Å². The smallest absolute Gasteiger partial charge is 0.261 e. The molecule has 1 amide bonds. The average Bonchev–Trinajstić information content (AvgIpc) is 3.15. The lowest BCUT2D eigenvalue weighted by Gasteiger charge is -2.16. The SMILES string of the molecule is CC[C@H](Oc1ccc(F)cc1)C(=O)NCc1nc(-c2ccccc2Cl)no1. The molecular weight excluding hydrogens is 373 g/mol. The fourth-order valence-electron chi connectivity index (χ4n) is 2.35. The van der Waals surface area contributed by atoms with E-state index < -0.39 is 6.10 Å². The predicted molar refractivity (Wildman–Crippen MR) is 97.7 cm³/mol. The van der Waals surface area contributed by atoms with E-state index in [1.54, 1.807) is 18.2 Å². The van der Waals surface area contributed by atoms with E-state index in [1.165, 1.54) is 24.3 Å². The molecule has 3 aromatic rings. The molecule has 0 radical (unpaired) electrons. The minimum atomic E-state index is -0.721. The molecule has 27 heavy (non-hydrogen) atoms. The van der Waals surface area contributed by atoms with Crippen molar-refractivity contribution in [3.63, 3.8) is 0 Å². The minimum Gasteiger partial charge on any atom is -0.481 e. The number of hydrogen-bond acceptors (Lipinski definition) is 5. The second-order valence-electron chi connectivity index (χ2n) is 5.68. The van der Waals surface area contributed by atoms with Gasteiger partial charge in [-0.25, -0.2) is 4.39 Å². The Kier molecular flexibility index (Phi) is 6.03. The van der Waals surface area contributed by atoms with Crippen LogP contribution in [0.5, 0.6) is 5.75 Å². The first-order valence-corrected chi connectivity index (χ1v) is 8.72. The Morgan fingerprint density at radius 1 is 1.26 bits per heavy atom. The van der Waals surface area contributed by atoms with Crippen molar-refractivity contribution < 1.29 is 18.4 Å². The summed E-state index contributed by atoms with van der Waals surface area (Å²) in [6, 6.07) is 12.6. The molecule has 140 valence electrons. The van der Waals surface area contributed by atoms with E-state index in [2.05, 4.69) is 15.5 Å². The standard InChI is InChI=1S/C19H17ClFN3O3/c1-2-16(26-13-9-7-12(21)8-10-13)19(25)22-11-17-23-18(24-27-17)14-5-3-4-6-15(14)20/h3-10,16H,2,11H2,1H3,(H,22,25)/t16-/m0/s1. The van der Waals surface area contributed by atoms with Crippen LogP contribution in [0.4, 0.5) is 4.39 Å². The zero-order valence-corrected chi connectivity index (χ0v) is 15.2. The van der Waals surface area contributed by atoms with Crippen molar-refractivity contribution in [1.82, 2.24) is 15.5 Å². The normalized spacial score (nSPS) is 11.8. The van der Waals surface area contributed by atoms with E-state index >= 15 is 0 Å². The molecule has 1 atom stereocenters. The maximum Gasteiger partial charge on any atom is 0.261 e. The predicted octanol–water partition coefficient (Wildman–Crippen LogP) is 4.00. The third-order valence-electron chi connectivity index (χ3n) is 3.75. The lowest BCUT2D eigenvalue weighted by molar-refractivity contribution is -0.128. The van der Waals surface area contributed by atoms with Gasteiger partial charge in [0.05, 0.1) is 11.6 Å². The quantitative estimate of drug-likeness (QED) is 0.660. The molecule has 0 bridgehead atoms. The minimum absolute atomic E-state index is 0.0551. The average molecular weight is 390 g/mol. The highest BCUT2D eigenvalue weighted by atomic mass is 35.5. The summed E-state index contributed by atoms with van der Waals surface area (Å²) in [5.41, 5.74) is 0.645. The molecule has 1 N–H and O–H groups in total. The molecule has 2 aromatic carbocycles. The first-order valence-electron chi connectivity index (χ1n) is 8.34. The number of nitrogens with one attached hydrogen (secondary N) is 1. The van der Waals surface area contributed by atoms with Gasteiger partial charge in [-0.15, -0.1) is 0 Å². The maximum atomic E-state index is 13.0. The fraction of sp³-hybridized carbons (Fsp3) is 0.211. The molecule has 0 spiro atoms.